The van der Waals surface area contributed by atoms with Crippen LogP contribution in [0.25, 0.3) is 16.9 Å². The summed E-state index contributed by atoms with van der Waals surface area (Å²) < 4.78 is 3.61. The summed E-state index contributed by atoms with van der Waals surface area (Å²) in [5.41, 5.74) is 11.3. The number of aromatic nitrogens is 4. The molecule has 0 fully saturated rings. The van der Waals surface area contributed by atoms with Crippen LogP contribution >= 0.6 is 0 Å². The van der Waals surface area contributed by atoms with Gasteiger partial charge in [-0.15, -0.1) is 0 Å². The molecule has 2 N–H and O–H groups in total. The van der Waals surface area contributed by atoms with Crippen molar-refractivity contribution in [2.24, 2.45) is 7.05 Å². The molecule has 0 aliphatic rings. The van der Waals surface area contributed by atoms with E-state index in [1.165, 1.54) is 0 Å². The van der Waals surface area contributed by atoms with E-state index in [-0.39, 0.29) is 0 Å². The van der Waals surface area contributed by atoms with Crippen molar-refractivity contribution in [1.29, 1.82) is 0 Å². The first kappa shape index (κ1) is 13.4. The van der Waals surface area contributed by atoms with Crippen LogP contribution in [0.1, 0.15) is 18.2 Å². The average molecular weight is 281 g/mol. The Kier molecular flexibility index (Phi) is 3.25. The van der Waals surface area contributed by atoms with Gasteiger partial charge in [0.05, 0.1) is 11.4 Å². The Morgan fingerprint density at radius 2 is 1.86 bits per heavy atom. The van der Waals surface area contributed by atoms with Gasteiger partial charge in [-0.05, 0) is 25.5 Å². The molecule has 3 rings (SSSR count). The van der Waals surface area contributed by atoms with E-state index < -0.39 is 0 Å². The van der Waals surface area contributed by atoms with Gasteiger partial charge in [-0.1, -0.05) is 25.1 Å². The molecule has 5 heteroatoms. The van der Waals surface area contributed by atoms with Crippen molar-refractivity contribution < 1.29 is 0 Å². The molecule has 0 saturated carbocycles. The molecule has 0 bridgehead atoms. The van der Waals surface area contributed by atoms with E-state index >= 15 is 0 Å². The van der Waals surface area contributed by atoms with Crippen molar-refractivity contribution in [2.75, 3.05) is 5.73 Å². The number of nitrogens with zero attached hydrogens (tertiary/aromatic N) is 4. The molecule has 0 spiro atoms. The summed E-state index contributed by atoms with van der Waals surface area (Å²) in [5.74, 6) is 0.696. The van der Waals surface area contributed by atoms with E-state index in [1.54, 1.807) is 4.68 Å². The Labute approximate surface area is 124 Å². The lowest BCUT2D eigenvalue weighted by Crippen LogP contribution is -2.02. The van der Waals surface area contributed by atoms with Crippen molar-refractivity contribution in [1.82, 2.24) is 19.6 Å². The van der Waals surface area contributed by atoms with E-state index in [1.807, 2.05) is 55.2 Å². The van der Waals surface area contributed by atoms with Crippen LogP contribution in [0.4, 0.5) is 5.82 Å². The Morgan fingerprint density at radius 1 is 1.14 bits per heavy atom. The van der Waals surface area contributed by atoms with Crippen LogP contribution < -0.4 is 5.73 Å². The van der Waals surface area contributed by atoms with Gasteiger partial charge in [0, 0.05) is 24.4 Å². The smallest absolute Gasteiger partial charge is 0.131 e. The number of benzene rings is 1. The number of nitrogens with two attached hydrogens (primary N) is 1. The number of hydrogen-bond donors (Lipinski definition) is 1. The highest BCUT2D eigenvalue weighted by Gasteiger charge is 2.19. The van der Waals surface area contributed by atoms with Gasteiger partial charge in [0.25, 0.3) is 0 Å². The Hall–Kier alpha value is -2.56. The van der Waals surface area contributed by atoms with Gasteiger partial charge in [0.1, 0.15) is 11.5 Å². The number of aryl methyl sites for hydroxylation is 2. The molecule has 0 aliphatic carbocycles. The first-order valence-corrected chi connectivity index (χ1v) is 7.05. The van der Waals surface area contributed by atoms with Crippen molar-refractivity contribution in [3.8, 4) is 16.9 Å². The molecule has 0 atom stereocenters. The zero-order chi connectivity index (χ0) is 15.0. The highest BCUT2D eigenvalue weighted by molar-refractivity contribution is 5.70. The maximum atomic E-state index is 6.31. The molecule has 0 amide bonds. The molecule has 2 aromatic heterocycles. The van der Waals surface area contributed by atoms with Gasteiger partial charge in [0.2, 0.25) is 0 Å². The highest BCUT2D eigenvalue weighted by atomic mass is 15.3. The first-order valence-electron chi connectivity index (χ1n) is 7.05. The fraction of sp³-hybridized carbons (Fsp3) is 0.250. The minimum atomic E-state index is 0.696. The molecule has 3 aromatic rings. The topological polar surface area (TPSA) is 61.7 Å². The standard InChI is InChI=1S/C16H19N5/c1-4-13-15(14-10-20(3)18-11(14)2)19-21(16(13)17)12-8-6-5-7-9-12/h5-10H,4,17H2,1-3H3. The Bertz CT molecular complexity index is 768. The summed E-state index contributed by atoms with van der Waals surface area (Å²) in [4.78, 5) is 0. The van der Waals surface area contributed by atoms with Gasteiger partial charge < -0.3 is 5.73 Å². The third kappa shape index (κ3) is 2.20. The molecule has 2 heterocycles. The normalized spacial score (nSPS) is 11.0. The minimum absolute atomic E-state index is 0.696. The zero-order valence-electron chi connectivity index (χ0n) is 12.5. The Balaban J connectivity index is 2.21. The predicted molar refractivity (Wildman–Crippen MR) is 84.3 cm³/mol. The van der Waals surface area contributed by atoms with E-state index in [0.29, 0.717) is 5.82 Å². The van der Waals surface area contributed by atoms with E-state index in [4.69, 9.17) is 10.8 Å². The first-order chi connectivity index (χ1) is 10.1. The monoisotopic (exact) mass is 281 g/mol. The van der Waals surface area contributed by atoms with E-state index in [2.05, 4.69) is 12.0 Å². The molecule has 0 unspecified atom stereocenters. The largest absolute Gasteiger partial charge is 0.383 e. The quantitative estimate of drug-likeness (QED) is 0.803. The van der Waals surface area contributed by atoms with Gasteiger partial charge in [-0.25, -0.2) is 4.68 Å². The van der Waals surface area contributed by atoms with Crippen LogP contribution in [-0.2, 0) is 13.5 Å². The van der Waals surface area contributed by atoms with Crippen LogP contribution in [0.15, 0.2) is 36.5 Å². The van der Waals surface area contributed by atoms with Gasteiger partial charge in [0.15, 0.2) is 0 Å². The fourth-order valence-corrected chi connectivity index (χ4v) is 2.63. The van der Waals surface area contributed by atoms with Crippen molar-refractivity contribution in [2.45, 2.75) is 20.3 Å². The van der Waals surface area contributed by atoms with Crippen LogP contribution in [-0.4, -0.2) is 19.6 Å². The van der Waals surface area contributed by atoms with Gasteiger partial charge in [-0.2, -0.15) is 10.2 Å². The van der Waals surface area contributed by atoms with Crippen molar-refractivity contribution in [3.05, 3.63) is 47.8 Å². The van der Waals surface area contributed by atoms with Crippen molar-refractivity contribution in [3.63, 3.8) is 0 Å². The SMILES string of the molecule is CCc1c(-c2cn(C)nc2C)nn(-c2ccccc2)c1N. The second-order valence-electron chi connectivity index (χ2n) is 5.12. The molecule has 21 heavy (non-hydrogen) atoms. The van der Waals surface area contributed by atoms with E-state index in [9.17, 15) is 0 Å². The number of rotatable bonds is 3. The van der Waals surface area contributed by atoms with E-state index in [0.717, 1.165) is 34.6 Å². The van der Waals surface area contributed by atoms with Crippen molar-refractivity contribution >= 4 is 5.82 Å². The Morgan fingerprint density at radius 3 is 2.43 bits per heavy atom. The summed E-state index contributed by atoms with van der Waals surface area (Å²) in [5, 5.41) is 9.13. The minimum Gasteiger partial charge on any atom is -0.383 e. The van der Waals surface area contributed by atoms with Crippen LogP contribution in [0.2, 0.25) is 0 Å². The molecular weight excluding hydrogens is 262 g/mol. The molecule has 0 aliphatic heterocycles. The van der Waals surface area contributed by atoms with Crippen LogP contribution in [0, 0.1) is 6.92 Å². The van der Waals surface area contributed by atoms with Gasteiger partial charge in [-0.3, -0.25) is 4.68 Å². The number of para-hydroxylation sites is 1. The predicted octanol–water partition coefficient (Wildman–Crippen LogP) is 2.73. The average Bonchev–Trinajstić information content (AvgIpc) is 2.99. The number of hydrogen-bond acceptors (Lipinski definition) is 3. The highest BCUT2D eigenvalue weighted by Crippen LogP contribution is 2.31. The maximum Gasteiger partial charge on any atom is 0.131 e. The lowest BCUT2D eigenvalue weighted by Gasteiger charge is -2.03. The van der Waals surface area contributed by atoms with Crippen LogP contribution in [0.5, 0.6) is 0 Å². The molecule has 0 radical (unpaired) electrons. The molecule has 108 valence electrons. The maximum absolute atomic E-state index is 6.31. The molecule has 1 aromatic carbocycles. The third-order valence-corrected chi connectivity index (χ3v) is 3.65. The molecule has 5 nitrogen and oxygen atoms in total. The summed E-state index contributed by atoms with van der Waals surface area (Å²) in [7, 11) is 1.92. The second-order valence-corrected chi connectivity index (χ2v) is 5.12. The lowest BCUT2D eigenvalue weighted by atomic mass is 10.1. The van der Waals surface area contributed by atoms with Crippen LogP contribution in [0.3, 0.4) is 0 Å². The lowest BCUT2D eigenvalue weighted by molar-refractivity contribution is 0.756. The molecule has 0 saturated heterocycles. The summed E-state index contributed by atoms with van der Waals surface area (Å²) in [6.07, 6.45) is 2.83. The summed E-state index contributed by atoms with van der Waals surface area (Å²) in [6, 6.07) is 9.95. The fourth-order valence-electron chi connectivity index (χ4n) is 2.63. The second kappa shape index (κ2) is 5.09. The van der Waals surface area contributed by atoms with Gasteiger partial charge >= 0.3 is 0 Å². The molecular formula is C16H19N5. The number of anilines is 1. The third-order valence-electron chi connectivity index (χ3n) is 3.65. The zero-order valence-corrected chi connectivity index (χ0v) is 12.5. The summed E-state index contributed by atoms with van der Waals surface area (Å²) >= 11 is 0. The number of nitrogen functional groups attached to an aromatic ring is 1. The summed E-state index contributed by atoms with van der Waals surface area (Å²) in [6.45, 7) is 4.09.